The Morgan fingerprint density at radius 2 is 2.05 bits per heavy atom. The van der Waals surface area contributed by atoms with Crippen molar-refractivity contribution in [2.75, 3.05) is 5.32 Å². The second kappa shape index (κ2) is 6.78. The molecule has 0 aliphatic carbocycles. The highest BCUT2D eigenvalue weighted by molar-refractivity contribution is 5.92. The molecule has 0 saturated heterocycles. The maximum atomic E-state index is 13.5. The fraction of sp³-hybridized carbons (Fsp3) is 0.267. The van der Waals surface area contributed by atoms with E-state index in [2.05, 4.69) is 20.6 Å². The van der Waals surface area contributed by atoms with Gasteiger partial charge in [-0.05, 0) is 25.5 Å². The molecule has 110 valence electrons. The average molecular weight is 288 g/mol. The van der Waals surface area contributed by atoms with Crippen molar-refractivity contribution in [3.05, 3.63) is 48.2 Å². The minimum absolute atomic E-state index is 0.0792. The van der Waals surface area contributed by atoms with Gasteiger partial charge in [-0.2, -0.15) is 0 Å². The monoisotopic (exact) mass is 288 g/mol. The van der Waals surface area contributed by atoms with Crippen molar-refractivity contribution in [3.63, 3.8) is 0 Å². The van der Waals surface area contributed by atoms with Crippen LogP contribution in [0.5, 0.6) is 0 Å². The Labute approximate surface area is 122 Å². The zero-order valence-corrected chi connectivity index (χ0v) is 11.9. The number of benzene rings is 1. The van der Waals surface area contributed by atoms with Gasteiger partial charge in [0.15, 0.2) is 0 Å². The van der Waals surface area contributed by atoms with Gasteiger partial charge in [0.1, 0.15) is 17.3 Å². The van der Waals surface area contributed by atoms with Crippen molar-refractivity contribution in [1.82, 2.24) is 15.3 Å². The summed E-state index contributed by atoms with van der Waals surface area (Å²) in [5.41, 5.74) is 0.540. The van der Waals surface area contributed by atoms with Crippen LogP contribution in [-0.4, -0.2) is 21.9 Å². The summed E-state index contributed by atoms with van der Waals surface area (Å²) in [6, 6.07) is 6.35. The van der Waals surface area contributed by atoms with Gasteiger partial charge in [-0.1, -0.05) is 19.1 Å². The molecular formula is C15H17FN4O. The van der Waals surface area contributed by atoms with Gasteiger partial charge in [-0.25, -0.2) is 14.4 Å². The summed E-state index contributed by atoms with van der Waals surface area (Å²) < 4.78 is 13.5. The van der Waals surface area contributed by atoms with Gasteiger partial charge in [0.25, 0.3) is 5.91 Å². The molecule has 6 heteroatoms. The number of hydrogen-bond donors (Lipinski definition) is 2. The van der Waals surface area contributed by atoms with Crippen LogP contribution in [0.1, 0.15) is 30.8 Å². The number of nitrogens with one attached hydrogen (secondary N) is 2. The van der Waals surface area contributed by atoms with Crippen LogP contribution in [0.2, 0.25) is 0 Å². The molecule has 1 aromatic heterocycles. The van der Waals surface area contributed by atoms with E-state index < -0.39 is 0 Å². The summed E-state index contributed by atoms with van der Waals surface area (Å²) in [5, 5.41) is 5.61. The summed E-state index contributed by atoms with van der Waals surface area (Å²) in [4.78, 5) is 19.9. The third kappa shape index (κ3) is 3.98. The lowest BCUT2D eigenvalue weighted by Gasteiger charge is -2.11. The number of carbonyl (C=O) groups excluding carboxylic acids is 1. The molecule has 1 atom stereocenters. The molecule has 1 amide bonds. The number of rotatable bonds is 5. The van der Waals surface area contributed by atoms with Crippen molar-refractivity contribution < 1.29 is 9.18 Å². The first-order valence-electron chi connectivity index (χ1n) is 6.74. The van der Waals surface area contributed by atoms with Crippen LogP contribution in [0.15, 0.2) is 36.7 Å². The third-order valence-electron chi connectivity index (χ3n) is 3.01. The Hall–Kier alpha value is -2.50. The standard InChI is InChI=1S/C15H17FN4O/c1-3-10(2)19-15(21)13-8-18-14(9-17-13)20-12-7-5-4-6-11(12)16/h4-10H,3H2,1-2H3,(H,18,20)(H,19,21). The van der Waals surface area contributed by atoms with Crippen LogP contribution >= 0.6 is 0 Å². The third-order valence-corrected chi connectivity index (χ3v) is 3.01. The van der Waals surface area contributed by atoms with Crippen molar-refractivity contribution in [2.24, 2.45) is 0 Å². The maximum Gasteiger partial charge on any atom is 0.271 e. The number of amides is 1. The van der Waals surface area contributed by atoms with E-state index >= 15 is 0 Å². The number of aromatic nitrogens is 2. The Balaban J connectivity index is 2.05. The van der Waals surface area contributed by atoms with Gasteiger partial charge in [0.2, 0.25) is 0 Å². The Morgan fingerprint density at radius 1 is 1.29 bits per heavy atom. The number of halogens is 1. The molecular weight excluding hydrogens is 271 g/mol. The van der Waals surface area contributed by atoms with E-state index in [1.807, 2.05) is 13.8 Å². The smallest absolute Gasteiger partial charge is 0.271 e. The highest BCUT2D eigenvalue weighted by Gasteiger charge is 2.10. The average Bonchev–Trinajstić information content (AvgIpc) is 2.50. The van der Waals surface area contributed by atoms with Crippen LogP contribution in [0.4, 0.5) is 15.9 Å². The molecule has 5 nitrogen and oxygen atoms in total. The van der Waals surface area contributed by atoms with Crippen molar-refractivity contribution >= 4 is 17.4 Å². The van der Waals surface area contributed by atoms with Gasteiger partial charge < -0.3 is 10.6 Å². The Kier molecular flexibility index (Phi) is 4.81. The molecule has 21 heavy (non-hydrogen) atoms. The number of nitrogens with zero attached hydrogens (tertiary/aromatic N) is 2. The lowest BCUT2D eigenvalue weighted by molar-refractivity contribution is 0.0934. The van der Waals surface area contributed by atoms with Gasteiger partial charge in [0.05, 0.1) is 18.1 Å². The summed E-state index contributed by atoms with van der Waals surface area (Å²) in [5.74, 6) is -0.271. The van der Waals surface area contributed by atoms with E-state index in [0.717, 1.165) is 6.42 Å². The highest BCUT2D eigenvalue weighted by atomic mass is 19.1. The van der Waals surface area contributed by atoms with Crippen molar-refractivity contribution in [2.45, 2.75) is 26.3 Å². The second-order valence-electron chi connectivity index (χ2n) is 4.67. The van der Waals surface area contributed by atoms with Gasteiger partial charge >= 0.3 is 0 Å². The van der Waals surface area contributed by atoms with E-state index in [9.17, 15) is 9.18 Å². The zero-order valence-electron chi connectivity index (χ0n) is 11.9. The molecule has 0 fully saturated rings. The minimum atomic E-state index is -0.377. The fourth-order valence-electron chi connectivity index (χ4n) is 1.61. The predicted molar refractivity (Wildman–Crippen MR) is 78.9 cm³/mol. The fourth-order valence-corrected chi connectivity index (χ4v) is 1.61. The summed E-state index contributed by atoms with van der Waals surface area (Å²) >= 11 is 0. The van der Waals surface area contributed by atoms with Crippen LogP contribution in [-0.2, 0) is 0 Å². The number of anilines is 2. The molecule has 1 heterocycles. The van der Waals surface area contributed by atoms with Crippen LogP contribution < -0.4 is 10.6 Å². The number of carbonyl (C=O) groups is 1. The normalized spacial score (nSPS) is 11.8. The molecule has 0 aliphatic heterocycles. The van der Waals surface area contributed by atoms with Crippen molar-refractivity contribution in [1.29, 1.82) is 0 Å². The van der Waals surface area contributed by atoms with Gasteiger partial charge in [0, 0.05) is 6.04 Å². The second-order valence-corrected chi connectivity index (χ2v) is 4.67. The SMILES string of the molecule is CCC(C)NC(=O)c1cnc(Nc2ccccc2F)cn1. The molecule has 2 rings (SSSR count). The van der Waals surface area contributed by atoms with Crippen LogP contribution in [0.3, 0.4) is 0 Å². The summed E-state index contributed by atoms with van der Waals surface area (Å²) in [6.07, 6.45) is 3.60. The molecule has 2 aromatic rings. The first kappa shape index (κ1) is 14.9. The molecule has 1 aromatic carbocycles. The number of para-hydroxylation sites is 1. The Morgan fingerprint density at radius 3 is 2.67 bits per heavy atom. The molecule has 1 unspecified atom stereocenters. The number of hydrogen-bond acceptors (Lipinski definition) is 4. The summed E-state index contributed by atoms with van der Waals surface area (Å²) in [7, 11) is 0. The lowest BCUT2D eigenvalue weighted by Crippen LogP contribution is -2.32. The molecule has 2 N–H and O–H groups in total. The van der Waals surface area contributed by atoms with E-state index in [1.54, 1.807) is 18.2 Å². The van der Waals surface area contributed by atoms with Gasteiger partial charge in [-0.15, -0.1) is 0 Å². The molecule has 0 radical (unpaired) electrons. The Bertz CT molecular complexity index is 615. The topological polar surface area (TPSA) is 66.9 Å². The first-order chi connectivity index (χ1) is 10.1. The van der Waals surface area contributed by atoms with E-state index in [1.165, 1.54) is 18.5 Å². The largest absolute Gasteiger partial charge is 0.348 e. The van der Waals surface area contributed by atoms with E-state index in [0.29, 0.717) is 11.5 Å². The minimum Gasteiger partial charge on any atom is -0.348 e. The van der Waals surface area contributed by atoms with Crippen molar-refractivity contribution in [3.8, 4) is 0 Å². The first-order valence-corrected chi connectivity index (χ1v) is 6.74. The summed E-state index contributed by atoms with van der Waals surface area (Å²) in [6.45, 7) is 3.90. The maximum absolute atomic E-state index is 13.5. The highest BCUT2D eigenvalue weighted by Crippen LogP contribution is 2.17. The molecule has 0 aliphatic rings. The predicted octanol–water partition coefficient (Wildman–Crippen LogP) is 2.89. The molecule has 0 saturated carbocycles. The van der Waals surface area contributed by atoms with E-state index in [4.69, 9.17) is 0 Å². The lowest BCUT2D eigenvalue weighted by atomic mass is 10.2. The quantitative estimate of drug-likeness (QED) is 0.887. The zero-order chi connectivity index (χ0) is 15.2. The van der Waals surface area contributed by atoms with E-state index in [-0.39, 0.29) is 23.5 Å². The van der Waals surface area contributed by atoms with Crippen LogP contribution in [0, 0.1) is 5.82 Å². The van der Waals surface area contributed by atoms with Gasteiger partial charge in [-0.3, -0.25) is 4.79 Å². The van der Waals surface area contributed by atoms with Crippen LogP contribution in [0.25, 0.3) is 0 Å². The molecule has 0 bridgehead atoms. The molecule has 0 spiro atoms.